The fraction of sp³-hybridized carbons (Fsp3) is 0.500. The lowest BCUT2D eigenvalue weighted by atomic mass is 9.89. The Balaban J connectivity index is 1.43. The average molecular weight is 313 g/mol. The smallest absolute Gasteiger partial charge is 0.316 e. The molecule has 120 valence electrons. The summed E-state index contributed by atoms with van der Waals surface area (Å²) >= 11 is 0. The van der Waals surface area contributed by atoms with Crippen molar-refractivity contribution in [3.63, 3.8) is 0 Å². The Hall–Kier alpha value is -2.28. The molecule has 1 spiro atoms. The van der Waals surface area contributed by atoms with Crippen LogP contribution in [0, 0.1) is 0 Å². The number of rotatable bonds is 3. The molecule has 4 rings (SSSR count). The topological polar surface area (TPSA) is 73.3 Å². The van der Waals surface area contributed by atoms with Gasteiger partial charge in [0.15, 0.2) is 0 Å². The van der Waals surface area contributed by atoms with E-state index >= 15 is 0 Å². The molecule has 2 saturated heterocycles. The number of hydrogen-bond donors (Lipinski definition) is 0. The highest BCUT2D eigenvalue weighted by Crippen LogP contribution is 2.36. The van der Waals surface area contributed by atoms with Gasteiger partial charge in [-0.3, -0.25) is 4.98 Å². The molecule has 2 aliphatic rings. The Morgan fingerprint density at radius 3 is 2.91 bits per heavy atom. The molecule has 2 atom stereocenters. The summed E-state index contributed by atoms with van der Waals surface area (Å²) in [6, 6.07) is 2.19. The van der Waals surface area contributed by atoms with Gasteiger partial charge in [0, 0.05) is 44.3 Å². The van der Waals surface area contributed by atoms with Crippen molar-refractivity contribution in [1.29, 1.82) is 0 Å². The van der Waals surface area contributed by atoms with Crippen LogP contribution in [0.1, 0.15) is 19.3 Å². The van der Waals surface area contributed by atoms with E-state index in [2.05, 4.69) is 24.8 Å². The van der Waals surface area contributed by atoms with Crippen LogP contribution in [0.3, 0.4) is 0 Å². The zero-order valence-corrected chi connectivity index (χ0v) is 12.8. The second-order valence-electron chi connectivity index (χ2n) is 6.06. The van der Waals surface area contributed by atoms with Crippen LogP contribution in [0.5, 0.6) is 6.01 Å². The highest BCUT2D eigenvalue weighted by Gasteiger charge is 2.45. The van der Waals surface area contributed by atoms with Crippen molar-refractivity contribution in [2.24, 2.45) is 0 Å². The lowest BCUT2D eigenvalue weighted by Gasteiger charge is -2.40. The second kappa shape index (κ2) is 6.08. The van der Waals surface area contributed by atoms with Gasteiger partial charge in [0.25, 0.3) is 0 Å². The predicted molar refractivity (Wildman–Crippen MR) is 83.2 cm³/mol. The Morgan fingerprint density at radius 2 is 2.09 bits per heavy atom. The SMILES string of the molecule is c1cnc(O[C@H]2CO[C@]3(CCCN(c4cnccn4)C3)C2)nc1. The number of nitrogens with zero attached hydrogens (tertiary/aromatic N) is 5. The van der Waals surface area contributed by atoms with Crippen LogP contribution >= 0.6 is 0 Å². The molecule has 0 bridgehead atoms. The third kappa shape index (κ3) is 3.10. The van der Waals surface area contributed by atoms with Crippen LogP contribution < -0.4 is 9.64 Å². The van der Waals surface area contributed by atoms with Gasteiger partial charge in [0.05, 0.1) is 18.4 Å². The van der Waals surface area contributed by atoms with E-state index in [0.717, 1.165) is 38.2 Å². The Labute approximate surface area is 134 Å². The largest absolute Gasteiger partial charge is 0.458 e. The number of aromatic nitrogens is 4. The van der Waals surface area contributed by atoms with Gasteiger partial charge in [0.1, 0.15) is 11.9 Å². The van der Waals surface area contributed by atoms with Crippen molar-refractivity contribution in [3.05, 3.63) is 37.1 Å². The van der Waals surface area contributed by atoms with E-state index in [1.807, 2.05) is 0 Å². The molecule has 23 heavy (non-hydrogen) atoms. The molecule has 4 heterocycles. The van der Waals surface area contributed by atoms with Crippen molar-refractivity contribution in [2.45, 2.75) is 31.0 Å². The van der Waals surface area contributed by atoms with Crippen molar-refractivity contribution >= 4 is 5.82 Å². The molecular weight excluding hydrogens is 294 g/mol. The van der Waals surface area contributed by atoms with Crippen LogP contribution in [-0.4, -0.2) is 51.3 Å². The van der Waals surface area contributed by atoms with E-state index in [0.29, 0.717) is 12.6 Å². The number of hydrogen-bond acceptors (Lipinski definition) is 7. The van der Waals surface area contributed by atoms with Gasteiger partial charge < -0.3 is 14.4 Å². The van der Waals surface area contributed by atoms with Gasteiger partial charge in [-0.1, -0.05) is 0 Å². The first-order chi connectivity index (χ1) is 11.3. The summed E-state index contributed by atoms with van der Waals surface area (Å²) in [6.45, 7) is 2.38. The fourth-order valence-electron chi connectivity index (χ4n) is 3.41. The zero-order valence-electron chi connectivity index (χ0n) is 12.8. The van der Waals surface area contributed by atoms with Gasteiger partial charge in [-0.25, -0.2) is 15.0 Å². The van der Waals surface area contributed by atoms with Crippen LogP contribution in [0.15, 0.2) is 37.1 Å². The lowest BCUT2D eigenvalue weighted by molar-refractivity contribution is -0.00844. The summed E-state index contributed by atoms with van der Waals surface area (Å²) in [5.74, 6) is 0.908. The molecule has 7 nitrogen and oxygen atoms in total. The summed E-state index contributed by atoms with van der Waals surface area (Å²) < 4.78 is 12.0. The summed E-state index contributed by atoms with van der Waals surface area (Å²) in [5, 5.41) is 0. The van der Waals surface area contributed by atoms with Crippen molar-refractivity contribution in [1.82, 2.24) is 19.9 Å². The molecule has 2 aliphatic heterocycles. The molecule has 0 aliphatic carbocycles. The second-order valence-corrected chi connectivity index (χ2v) is 6.06. The quantitative estimate of drug-likeness (QED) is 0.849. The molecule has 2 fully saturated rings. The minimum Gasteiger partial charge on any atom is -0.458 e. The van der Waals surface area contributed by atoms with Crippen molar-refractivity contribution < 1.29 is 9.47 Å². The standard InChI is InChI=1S/C16H19N5O2/c1-3-16(12-21(8-1)14-10-17-6-7-18-14)9-13(11-22-16)23-15-19-4-2-5-20-15/h2,4-7,10,13H,1,3,8-9,11-12H2/t13-,16-/m1/s1. The Morgan fingerprint density at radius 1 is 1.17 bits per heavy atom. The molecule has 0 aromatic carbocycles. The first-order valence-corrected chi connectivity index (χ1v) is 7.92. The third-order valence-corrected chi connectivity index (χ3v) is 4.40. The van der Waals surface area contributed by atoms with Crippen molar-refractivity contribution in [2.75, 3.05) is 24.6 Å². The number of ether oxygens (including phenoxy) is 2. The normalized spacial score (nSPS) is 27.3. The average Bonchev–Trinajstić information content (AvgIpc) is 2.98. The van der Waals surface area contributed by atoms with E-state index < -0.39 is 0 Å². The third-order valence-electron chi connectivity index (χ3n) is 4.40. The minimum absolute atomic E-state index is 0.000734. The van der Waals surface area contributed by atoms with E-state index in [9.17, 15) is 0 Å². The van der Waals surface area contributed by atoms with E-state index in [1.165, 1.54) is 0 Å². The molecule has 0 saturated carbocycles. The van der Waals surface area contributed by atoms with Gasteiger partial charge >= 0.3 is 6.01 Å². The monoisotopic (exact) mass is 313 g/mol. The maximum absolute atomic E-state index is 6.15. The van der Waals surface area contributed by atoms with E-state index in [4.69, 9.17) is 9.47 Å². The molecule has 0 radical (unpaired) electrons. The number of anilines is 1. The number of piperidine rings is 1. The van der Waals surface area contributed by atoms with Crippen LogP contribution in [0.25, 0.3) is 0 Å². The predicted octanol–water partition coefficient (Wildman–Crippen LogP) is 1.47. The van der Waals surface area contributed by atoms with Gasteiger partial charge in [-0.15, -0.1) is 0 Å². The van der Waals surface area contributed by atoms with Gasteiger partial charge in [-0.05, 0) is 18.9 Å². The minimum atomic E-state index is -0.171. The summed E-state index contributed by atoms with van der Waals surface area (Å²) in [6.07, 6.45) is 11.6. The van der Waals surface area contributed by atoms with Crippen LogP contribution in [0.2, 0.25) is 0 Å². The van der Waals surface area contributed by atoms with Gasteiger partial charge in [0.2, 0.25) is 0 Å². The van der Waals surface area contributed by atoms with Gasteiger partial charge in [-0.2, -0.15) is 0 Å². The highest BCUT2D eigenvalue weighted by molar-refractivity contribution is 5.36. The molecule has 2 aromatic heterocycles. The maximum atomic E-state index is 6.15. The Bertz CT molecular complexity index is 641. The molecule has 0 amide bonds. The molecular formula is C16H19N5O2. The maximum Gasteiger partial charge on any atom is 0.316 e. The first kappa shape index (κ1) is 14.3. The highest BCUT2D eigenvalue weighted by atomic mass is 16.6. The van der Waals surface area contributed by atoms with Crippen LogP contribution in [0.4, 0.5) is 5.82 Å². The summed E-state index contributed by atoms with van der Waals surface area (Å²) in [5.41, 5.74) is -0.171. The van der Waals surface area contributed by atoms with E-state index in [-0.39, 0.29) is 11.7 Å². The van der Waals surface area contributed by atoms with Crippen LogP contribution in [-0.2, 0) is 4.74 Å². The molecule has 7 heteroatoms. The zero-order chi connectivity index (χ0) is 15.5. The molecule has 0 N–H and O–H groups in total. The summed E-state index contributed by atoms with van der Waals surface area (Å²) in [4.78, 5) is 19.0. The van der Waals surface area contributed by atoms with Crippen molar-refractivity contribution in [3.8, 4) is 6.01 Å². The summed E-state index contributed by atoms with van der Waals surface area (Å²) in [7, 11) is 0. The fourth-order valence-corrected chi connectivity index (χ4v) is 3.41. The Kier molecular flexibility index (Phi) is 3.78. The molecule has 2 aromatic rings. The first-order valence-electron chi connectivity index (χ1n) is 7.92. The lowest BCUT2D eigenvalue weighted by Crippen LogP contribution is -2.48. The molecule has 0 unspecified atom stereocenters. The van der Waals surface area contributed by atoms with E-state index in [1.54, 1.807) is 37.1 Å².